The second-order valence-corrected chi connectivity index (χ2v) is 5.28. The van der Waals surface area contributed by atoms with Crippen LogP contribution in [0.2, 0.25) is 0 Å². The zero-order valence-electron chi connectivity index (χ0n) is 11.9. The number of carbonyl (C=O) groups is 1. The normalized spacial score (nSPS) is 10.6. The Morgan fingerprint density at radius 2 is 1.95 bits per heavy atom. The van der Waals surface area contributed by atoms with Crippen molar-refractivity contribution in [3.05, 3.63) is 40.9 Å². The van der Waals surface area contributed by atoms with E-state index in [2.05, 4.69) is 33.4 Å². The summed E-state index contributed by atoms with van der Waals surface area (Å²) < 4.78 is 11.1. The fraction of sp³-hybridized carbons (Fsp3) is 0.312. The molecule has 0 fully saturated rings. The summed E-state index contributed by atoms with van der Waals surface area (Å²) in [5.41, 5.74) is 1.05. The lowest BCUT2D eigenvalue weighted by atomic mass is 10.1. The van der Waals surface area contributed by atoms with Gasteiger partial charge in [-0.3, -0.25) is 0 Å². The van der Waals surface area contributed by atoms with E-state index in [1.165, 1.54) is 0 Å². The summed E-state index contributed by atoms with van der Waals surface area (Å²) >= 11 is 3.55. The van der Waals surface area contributed by atoms with Gasteiger partial charge in [0.25, 0.3) is 0 Å². The number of anilines is 1. The van der Waals surface area contributed by atoms with E-state index in [0.29, 0.717) is 19.8 Å². The highest BCUT2D eigenvalue weighted by Crippen LogP contribution is 2.29. The molecule has 0 aliphatic carbocycles. The summed E-state index contributed by atoms with van der Waals surface area (Å²) in [6.07, 6.45) is 0. The molecule has 0 heterocycles. The molecule has 4 nitrogen and oxygen atoms in total. The van der Waals surface area contributed by atoms with E-state index in [0.717, 1.165) is 20.9 Å². The third-order valence-corrected chi connectivity index (χ3v) is 3.65. The molecule has 21 heavy (non-hydrogen) atoms. The van der Waals surface area contributed by atoms with E-state index in [-0.39, 0.29) is 12.6 Å². The summed E-state index contributed by atoms with van der Waals surface area (Å²) in [6, 6.07) is 12.2. The Balaban J connectivity index is 1.87. The first-order valence-electron chi connectivity index (χ1n) is 6.87. The fourth-order valence-corrected chi connectivity index (χ4v) is 2.51. The van der Waals surface area contributed by atoms with Crippen LogP contribution in [0.25, 0.3) is 10.8 Å². The third kappa shape index (κ3) is 4.44. The van der Waals surface area contributed by atoms with Crippen molar-refractivity contribution in [1.82, 2.24) is 0 Å². The van der Waals surface area contributed by atoms with Crippen molar-refractivity contribution < 1.29 is 14.3 Å². The molecule has 0 spiro atoms. The van der Waals surface area contributed by atoms with Crippen molar-refractivity contribution >= 4 is 38.4 Å². The molecule has 2 rings (SSSR count). The van der Waals surface area contributed by atoms with Gasteiger partial charge in [-0.15, -0.1) is 0 Å². The molecular formula is C16H18BrNO3. The number of nitrogens with one attached hydrogen (secondary N) is 1. The number of halogens is 1. The molecule has 2 aromatic carbocycles. The standard InChI is InChI=1S/C16H18BrNO3/c1-2-21-16(19)11-20-10-9-18-15-8-7-14(17)12-5-3-4-6-13(12)15/h3-8,18H,2,9-11H2,1H3. The molecular weight excluding hydrogens is 334 g/mol. The summed E-state index contributed by atoms with van der Waals surface area (Å²) in [7, 11) is 0. The van der Waals surface area contributed by atoms with Crippen LogP contribution >= 0.6 is 15.9 Å². The maximum atomic E-state index is 11.1. The van der Waals surface area contributed by atoms with E-state index < -0.39 is 0 Å². The fourth-order valence-electron chi connectivity index (χ4n) is 2.03. The number of fused-ring (bicyclic) bond motifs is 1. The molecule has 0 bridgehead atoms. The van der Waals surface area contributed by atoms with Gasteiger partial charge in [0.05, 0.1) is 13.2 Å². The highest BCUT2D eigenvalue weighted by Gasteiger charge is 2.04. The monoisotopic (exact) mass is 351 g/mol. The van der Waals surface area contributed by atoms with Gasteiger partial charge in [0.15, 0.2) is 0 Å². The van der Waals surface area contributed by atoms with Gasteiger partial charge < -0.3 is 14.8 Å². The Hall–Kier alpha value is -1.59. The Morgan fingerprint density at radius 1 is 1.19 bits per heavy atom. The van der Waals surface area contributed by atoms with Crippen molar-refractivity contribution in [3.63, 3.8) is 0 Å². The van der Waals surface area contributed by atoms with Gasteiger partial charge in [0.1, 0.15) is 6.61 Å². The quantitative estimate of drug-likeness (QED) is 0.611. The number of ether oxygens (including phenoxy) is 2. The second kappa shape index (κ2) is 8.00. The molecule has 0 unspecified atom stereocenters. The maximum absolute atomic E-state index is 11.1. The highest BCUT2D eigenvalue weighted by molar-refractivity contribution is 9.10. The van der Waals surface area contributed by atoms with Crippen LogP contribution < -0.4 is 5.32 Å². The zero-order chi connectivity index (χ0) is 15.1. The molecule has 0 aromatic heterocycles. The zero-order valence-corrected chi connectivity index (χ0v) is 13.5. The molecule has 0 atom stereocenters. The Kier molecular flexibility index (Phi) is 6.02. The van der Waals surface area contributed by atoms with Crippen molar-refractivity contribution in [2.24, 2.45) is 0 Å². The average Bonchev–Trinajstić information content (AvgIpc) is 2.49. The highest BCUT2D eigenvalue weighted by atomic mass is 79.9. The smallest absolute Gasteiger partial charge is 0.332 e. The topological polar surface area (TPSA) is 47.6 Å². The van der Waals surface area contributed by atoms with Crippen LogP contribution in [0.5, 0.6) is 0 Å². The van der Waals surface area contributed by atoms with Crippen LogP contribution in [0, 0.1) is 0 Å². The van der Waals surface area contributed by atoms with Gasteiger partial charge in [-0.05, 0) is 24.4 Å². The SMILES string of the molecule is CCOC(=O)COCCNc1ccc(Br)c2ccccc12. The Labute approximate surface area is 132 Å². The molecule has 2 aromatic rings. The lowest BCUT2D eigenvalue weighted by molar-refractivity contribution is -0.148. The van der Waals surface area contributed by atoms with Crippen LogP contribution in [-0.2, 0) is 14.3 Å². The van der Waals surface area contributed by atoms with Crippen LogP contribution in [0.1, 0.15) is 6.92 Å². The maximum Gasteiger partial charge on any atom is 0.332 e. The number of benzene rings is 2. The first-order valence-corrected chi connectivity index (χ1v) is 7.66. The predicted octanol–water partition coefficient (Wildman–Crippen LogP) is 3.59. The number of hydrogen-bond donors (Lipinski definition) is 1. The van der Waals surface area contributed by atoms with Crippen molar-refractivity contribution in [2.45, 2.75) is 6.92 Å². The Bertz CT molecular complexity index is 615. The molecule has 0 saturated heterocycles. The minimum atomic E-state index is -0.327. The van der Waals surface area contributed by atoms with Crippen LogP contribution in [0.3, 0.4) is 0 Å². The van der Waals surface area contributed by atoms with Gasteiger partial charge in [-0.2, -0.15) is 0 Å². The second-order valence-electron chi connectivity index (χ2n) is 4.42. The predicted molar refractivity (Wildman–Crippen MR) is 87.6 cm³/mol. The lowest BCUT2D eigenvalue weighted by Crippen LogP contribution is -2.16. The summed E-state index contributed by atoms with van der Waals surface area (Å²) in [6.45, 7) is 3.23. The summed E-state index contributed by atoms with van der Waals surface area (Å²) in [4.78, 5) is 11.1. The molecule has 1 N–H and O–H groups in total. The average molecular weight is 352 g/mol. The van der Waals surface area contributed by atoms with Crippen LogP contribution in [-0.4, -0.2) is 32.3 Å². The number of rotatable bonds is 7. The molecule has 5 heteroatoms. The van der Waals surface area contributed by atoms with E-state index in [1.54, 1.807) is 6.92 Å². The first kappa shape index (κ1) is 15.8. The van der Waals surface area contributed by atoms with E-state index in [9.17, 15) is 4.79 Å². The number of esters is 1. The Morgan fingerprint density at radius 3 is 2.71 bits per heavy atom. The van der Waals surface area contributed by atoms with E-state index in [1.807, 2.05) is 24.3 Å². The van der Waals surface area contributed by atoms with Gasteiger partial charge >= 0.3 is 5.97 Å². The number of hydrogen-bond acceptors (Lipinski definition) is 4. The van der Waals surface area contributed by atoms with Gasteiger partial charge in [0.2, 0.25) is 0 Å². The van der Waals surface area contributed by atoms with Crippen LogP contribution in [0.15, 0.2) is 40.9 Å². The lowest BCUT2D eigenvalue weighted by Gasteiger charge is -2.11. The van der Waals surface area contributed by atoms with Crippen molar-refractivity contribution in [2.75, 3.05) is 31.7 Å². The van der Waals surface area contributed by atoms with E-state index >= 15 is 0 Å². The van der Waals surface area contributed by atoms with Crippen molar-refractivity contribution in [3.8, 4) is 0 Å². The molecule has 0 aliphatic heterocycles. The molecule has 112 valence electrons. The molecule has 0 saturated carbocycles. The van der Waals surface area contributed by atoms with E-state index in [4.69, 9.17) is 9.47 Å². The van der Waals surface area contributed by atoms with Crippen molar-refractivity contribution in [1.29, 1.82) is 0 Å². The molecule has 0 radical (unpaired) electrons. The van der Waals surface area contributed by atoms with Gasteiger partial charge in [-0.25, -0.2) is 4.79 Å². The third-order valence-electron chi connectivity index (χ3n) is 2.96. The molecule has 0 aliphatic rings. The summed E-state index contributed by atoms with van der Waals surface area (Å²) in [5.74, 6) is -0.327. The largest absolute Gasteiger partial charge is 0.464 e. The number of carbonyl (C=O) groups excluding carboxylic acids is 1. The minimum Gasteiger partial charge on any atom is -0.464 e. The first-order chi connectivity index (χ1) is 10.2. The van der Waals surface area contributed by atoms with Crippen LogP contribution in [0.4, 0.5) is 5.69 Å². The minimum absolute atomic E-state index is 0.00337. The van der Waals surface area contributed by atoms with Gasteiger partial charge in [0, 0.05) is 22.1 Å². The molecule has 0 amide bonds. The summed E-state index contributed by atoms with van der Waals surface area (Å²) in [5, 5.41) is 5.63. The van der Waals surface area contributed by atoms with Gasteiger partial charge in [-0.1, -0.05) is 40.2 Å².